The third kappa shape index (κ3) is 3.58. The lowest BCUT2D eigenvalue weighted by molar-refractivity contribution is -0.136. The second-order valence-corrected chi connectivity index (χ2v) is 7.25. The van der Waals surface area contributed by atoms with Gasteiger partial charge in [0.25, 0.3) is 5.91 Å². The number of amides is 4. The average Bonchev–Trinajstić information content (AvgIpc) is 2.90. The van der Waals surface area contributed by atoms with Gasteiger partial charge in [-0.15, -0.1) is 0 Å². The third-order valence-corrected chi connectivity index (χ3v) is 5.50. The predicted molar refractivity (Wildman–Crippen MR) is 102 cm³/mol. The minimum atomic E-state index is -0.904. The van der Waals surface area contributed by atoms with Crippen molar-refractivity contribution in [2.24, 2.45) is 5.92 Å². The number of urea groups is 1. The van der Waals surface area contributed by atoms with E-state index in [9.17, 15) is 19.2 Å². The lowest BCUT2D eigenvalue weighted by atomic mass is 9.73. The van der Waals surface area contributed by atoms with Crippen molar-refractivity contribution in [3.8, 4) is 0 Å². The van der Waals surface area contributed by atoms with Gasteiger partial charge >= 0.3 is 12.0 Å². The number of esters is 1. The summed E-state index contributed by atoms with van der Waals surface area (Å²) in [5.74, 6) is -1.43. The molecule has 1 aromatic carbocycles. The van der Waals surface area contributed by atoms with Crippen LogP contribution in [0.5, 0.6) is 0 Å². The number of carbonyl (C=O) groups excluding carboxylic acids is 4. The summed E-state index contributed by atoms with van der Waals surface area (Å²) in [5.41, 5.74) is -0.413. The number of ether oxygens (including phenoxy) is 1. The van der Waals surface area contributed by atoms with E-state index in [0.717, 1.165) is 24.2 Å². The third-order valence-electron chi connectivity index (χ3n) is 5.50. The van der Waals surface area contributed by atoms with Crippen LogP contribution in [0.15, 0.2) is 24.3 Å². The first-order valence-corrected chi connectivity index (χ1v) is 9.59. The molecule has 0 radical (unpaired) electrons. The van der Waals surface area contributed by atoms with Gasteiger partial charge in [0, 0.05) is 0 Å². The summed E-state index contributed by atoms with van der Waals surface area (Å²) in [6, 6.07) is 5.89. The van der Waals surface area contributed by atoms with Crippen molar-refractivity contribution in [2.75, 3.05) is 18.5 Å². The number of nitrogens with one attached hydrogen (secondary N) is 2. The summed E-state index contributed by atoms with van der Waals surface area (Å²) in [6.45, 7) is 3.45. The number of anilines is 1. The Hall–Kier alpha value is -2.90. The summed E-state index contributed by atoms with van der Waals surface area (Å²) in [4.78, 5) is 50.8. The molecule has 1 heterocycles. The molecule has 0 aromatic heterocycles. The molecule has 2 aliphatic rings. The van der Waals surface area contributed by atoms with E-state index in [2.05, 4.69) is 10.6 Å². The van der Waals surface area contributed by atoms with Crippen LogP contribution >= 0.6 is 0 Å². The molecule has 1 aliphatic heterocycles. The van der Waals surface area contributed by atoms with Crippen LogP contribution in [0.25, 0.3) is 0 Å². The van der Waals surface area contributed by atoms with Crippen LogP contribution < -0.4 is 10.6 Å². The Bertz CT molecular complexity index is 809. The van der Waals surface area contributed by atoms with Gasteiger partial charge in [0.15, 0.2) is 0 Å². The van der Waals surface area contributed by atoms with Crippen molar-refractivity contribution in [1.82, 2.24) is 10.2 Å². The Morgan fingerprint density at radius 1 is 1.29 bits per heavy atom. The summed E-state index contributed by atoms with van der Waals surface area (Å²) >= 11 is 0. The molecule has 1 aromatic rings. The molecule has 2 N–H and O–H groups in total. The molecule has 3 rings (SSSR count). The van der Waals surface area contributed by atoms with Gasteiger partial charge in [-0.1, -0.05) is 31.9 Å². The molecule has 8 heteroatoms. The number of hydrogen-bond acceptors (Lipinski definition) is 5. The summed E-state index contributed by atoms with van der Waals surface area (Å²) in [7, 11) is 0. The van der Waals surface area contributed by atoms with E-state index in [-0.39, 0.29) is 29.7 Å². The van der Waals surface area contributed by atoms with Crippen molar-refractivity contribution >= 4 is 29.5 Å². The number of rotatable bonds is 5. The van der Waals surface area contributed by atoms with Gasteiger partial charge in [0.1, 0.15) is 12.1 Å². The molecule has 1 aliphatic carbocycles. The maximum absolute atomic E-state index is 12.9. The highest BCUT2D eigenvalue weighted by Gasteiger charge is 2.55. The minimum absolute atomic E-state index is 0.0234. The SMILES string of the molecule is CCOC(=O)c1ccccc1NC(=O)CN1C(=O)N[C@]2(CCCC[C@H]2C)C1=O. The first-order valence-electron chi connectivity index (χ1n) is 9.59. The number of carbonyl (C=O) groups is 4. The second-order valence-electron chi connectivity index (χ2n) is 7.25. The Morgan fingerprint density at radius 2 is 2.04 bits per heavy atom. The Kier molecular flexibility index (Phi) is 5.67. The van der Waals surface area contributed by atoms with Crippen molar-refractivity contribution < 1.29 is 23.9 Å². The van der Waals surface area contributed by atoms with E-state index in [1.54, 1.807) is 31.2 Å². The molecule has 0 bridgehead atoms. The molecule has 2 fully saturated rings. The second kappa shape index (κ2) is 8.00. The van der Waals surface area contributed by atoms with E-state index < -0.39 is 30.0 Å². The van der Waals surface area contributed by atoms with Crippen molar-refractivity contribution in [2.45, 2.75) is 45.1 Å². The first kappa shape index (κ1) is 19.9. The van der Waals surface area contributed by atoms with Crippen LogP contribution in [-0.2, 0) is 14.3 Å². The number of imide groups is 1. The quantitative estimate of drug-likeness (QED) is 0.596. The maximum atomic E-state index is 12.9. The molecule has 28 heavy (non-hydrogen) atoms. The number of para-hydroxylation sites is 1. The van der Waals surface area contributed by atoms with Gasteiger partial charge in [-0.2, -0.15) is 0 Å². The zero-order valence-electron chi connectivity index (χ0n) is 16.1. The molecule has 0 unspecified atom stereocenters. The van der Waals surface area contributed by atoms with Gasteiger partial charge in [0.2, 0.25) is 5.91 Å². The van der Waals surface area contributed by atoms with Gasteiger partial charge in [0.05, 0.1) is 17.9 Å². The fourth-order valence-electron chi connectivity index (χ4n) is 3.95. The van der Waals surface area contributed by atoms with E-state index in [1.807, 2.05) is 6.92 Å². The highest BCUT2D eigenvalue weighted by atomic mass is 16.5. The van der Waals surface area contributed by atoms with Crippen LogP contribution in [0, 0.1) is 5.92 Å². The molecule has 150 valence electrons. The molecule has 1 saturated heterocycles. The standard InChI is InChI=1S/C20H25N3O5/c1-3-28-17(25)14-9-4-5-10-15(14)21-16(24)12-23-18(26)20(22-19(23)27)11-7-6-8-13(20)2/h4-5,9-10,13H,3,6-8,11-12H2,1-2H3,(H,21,24)(H,22,27)/t13-,20+/m1/s1. The molecule has 2 atom stereocenters. The fourth-order valence-corrected chi connectivity index (χ4v) is 3.95. The molecule has 4 amide bonds. The Balaban J connectivity index is 1.71. The monoisotopic (exact) mass is 387 g/mol. The number of hydrogen-bond donors (Lipinski definition) is 2. The highest BCUT2D eigenvalue weighted by Crippen LogP contribution is 2.38. The van der Waals surface area contributed by atoms with E-state index in [1.165, 1.54) is 0 Å². The Labute approximate surface area is 163 Å². The molecular formula is C20H25N3O5. The molecule has 1 saturated carbocycles. The van der Waals surface area contributed by atoms with Crippen LogP contribution in [-0.4, -0.2) is 47.4 Å². The van der Waals surface area contributed by atoms with Gasteiger partial charge in [-0.05, 0) is 37.8 Å². The predicted octanol–water partition coefficient (Wildman–Crippen LogP) is 2.30. The highest BCUT2D eigenvalue weighted by molar-refractivity contribution is 6.11. The summed E-state index contributed by atoms with van der Waals surface area (Å²) in [6.07, 6.45) is 3.34. The van der Waals surface area contributed by atoms with Crippen molar-refractivity contribution in [3.63, 3.8) is 0 Å². The zero-order valence-corrected chi connectivity index (χ0v) is 16.1. The summed E-state index contributed by atoms with van der Waals surface area (Å²) < 4.78 is 4.99. The molecular weight excluding hydrogens is 362 g/mol. The first-order chi connectivity index (χ1) is 13.4. The maximum Gasteiger partial charge on any atom is 0.340 e. The normalized spacial score (nSPS) is 24.2. The Morgan fingerprint density at radius 3 is 2.75 bits per heavy atom. The number of nitrogens with zero attached hydrogens (tertiary/aromatic N) is 1. The topological polar surface area (TPSA) is 105 Å². The van der Waals surface area contributed by atoms with E-state index >= 15 is 0 Å². The van der Waals surface area contributed by atoms with Crippen molar-refractivity contribution in [1.29, 1.82) is 0 Å². The smallest absolute Gasteiger partial charge is 0.340 e. The molecule has 8 nitrogen and oxygen atoms in total. The van der Waals surface area contributed by atoms with E-state index in [0.29, 0.717) is 6.42 Å². The molecule has 1 spiro atoms. The average molecular weight is 387 g/mol. The minimum Gasteiger partial charge on any atom is -0.462 e. The van der Waals surface area contributed by atoms with E-state index in [4.69, 9.17) is 4.74 Å². The van der Waals surface area contributed by atoms with Crippen LogP contribution in [0.1, 0.15) is 49.9 Å². The summed E-state index contributed by atoms with van der Waals surface area (Å²) in [5, 5.41) is 5.42. The van der Waals surface area contributed by atoms with Gasteiger partial charge < -0.3 is 15.4 Å². The van der Waals surface area contributed by atoms with Crippen LogP contribution in [0.3, 0.4) is 0 Å². The lowest BCUT2D eigenvalue weighted by Gasteiger charge is -2.36. The van der Waals surface area contributed by atoms with Crippen LogP contribution in [0.2, 0.25) is 0 Å². The number of benzene rings is 1. The zero-order chi connectivity index (χ0) is 20.3. The lowest BCUT2D eigenvalue weighted by Crippen LogP contribution is -2.54. The van der Waals surface area contributed by atoms with Gasteiger partial charge in [-0.3, -0.25) is 14.5 Å². The van der Waals surface area contributed by atoms with Gasteiger partial charge in [-0.25, -0.2) is 9.59 Å². The van der Waals surface area contributed by atoms with Crippen LogP contribution in [0.4, 0.5) is 10.5 Å². The largest absolute Gasteiger partial charge is 0.462 e. The fraction of sp³-hybridized carbons (Fsp3) is 0.500. The van der Waals surface area contributed by atoms with Crippen molar-refractivity contribution in [3.05, 3.63) is 29.8 Å².